The van der Waals surface area contributed by atoms with Crippen LogP contribution in [0.5, 0.6) is 0 Å². The summed E-state index contributed by atoms with van der Waals surface area (Å²) >= 11 is 0. The number of nitrogens with zero attached hydrogens (tertiary/aromatic N) is 2. The van der Waals surface area contributed by atoms with E-state index in [1.165, 1.54) is 25.9 Å². The third kappa shape index (κ3) is 8.70. The van der Waals surface area contributed by atoms with Crippen LogP contribution in [0.4, 0.5) is 4.79 Å². The minimum Gasteiger partial charge on any atom is -0.444 e. The third-order valence-electron chi connectivity index (χ3n) is 7.08. The third-order valence-corrected chi connectivity index (χ3v) is 7.08. The predicted molar refractivity (Wildman–Crippen MR) is 152 cm³/mol. The molecule has 38 heavy (non-hydrogen) atoms. The SMILES string of the molecule is CC(C)(C)OC(=O)N1CCC(CNC(=O)c2cccc3[nH]c(C(C)(C)C)nc23)CC1.NCC1CCNCC1. The number of benzene rings is 1. The van der Waals surface area contributed by atoms with Crippen LogP contribution in [0.25, 0.3) is 11.0 Å². The van der Waals surface area contributed by atoms with Crippen molar-refractivity contribution in [1.29, 1.82) is 0 Å². The van der Waals surface area contributed by atoms with Crippen LogP contribution < -0.4 is 16.4 Å². The summed E-state index contributed by atoms with van der Waals surface area (Å²) in [7, 11) is 0. The zero-order chi connectivity index (χ0) is 27.9. The maximum Gasteiger partial charge on any atom is 0.410 e. The van der Waals surface area contributed by atoms with E-state index in [1.807, 2.05) is 39.0 Å². The highest BCUT2D eigenvalue weighted by molar-refractivity contribution is 6.04. The Kier molecular flexibility index (Phi) is 10.2. The van der Waals surface area contributed by atoms with Gasteiger partial charge in [-0.25, -0.2) is 9.78 Å². The lowest BCUT2D eigenvalue weighted by Gasteiger charge is -2.33. The Labute approximate surface area is 227 Å². The molecule has 1 aromatic carbocycles. The average Bonchev–Trinajstić information content (AvgIpc) is 3.33. The van der Waals surface area contributed by atoms with E-state index >= 15 is 0 Å². The minimum atomic E-state index is -0.484. The maximum absolute atomic E-state index is 12.8. The first-order valence-electron chi connectivity index (χ1n) is 14.0. The Morgan fingerprint density at radius 2 is 1.71 bits per heavy atom. The van der Waals surface area contributed by atoms with Gasteiger partial charge in [-0.05, 0) is 90.1 Å². The van der Waals surface area contributed by atoms with Crippen LogP contribution in [0.3, 0.4) is 0 Å². The molecule has 3 heterocycles. The number of fused-ring (bicyclic) bond motifs is 1. The standard InChI is InChI=1S/C23H34N4O3.C6H14N2/c1-22(2,3)20-25-17-9-7-8-16(18(17)26-20)19(28)24-14-15-10-12-27(13-11-15)21(29)30-23(4,5)6;7-5-6-1-3-8-4-2-6/h7-9,15H,10-14H2,1-6H3,(H,24,28)(H,25,26);6,8H,1-5,7H2. The molecule has 0 atom stereocenters. The molecule has 0 spiro atoms. The number of likely N-dealkylation sites (tertiary alicyclic amines) is 1. The summed E-state index contributed by atoms with van der Waals surface area (Å²) in [6.07, 6.45) is 3.98. The van der Waals surface area contributed by atoms with E-state index in [0.717, 1.165) is 36.6 Å². The molecule has 9 heteroatoms. The highest BCUT2D eigenvalue weighted by Gasteiger charge is 2.27. The summed E-state index contributed by atoms with van der Waals surface area (Å²) in [5, 5.41) is 6.36. The number of piperidine rings is 2. The van der Waals surface area contributed by atoms with Gasteiger partial charge in [0.15, 0.2) is 0 Å². The highest BCUT2D eigenvalue weighted by Crippen LogP contribution is 2.25. The van der Waals surface area contributed by atoms with Crippen molar-refractivity contribution in [3.63, 3.8) is 0 Å². The van der Waals surface area contributed by atoms with E-state index in [9.17, 15) is 9.59 Å². The lowest BCUT2D eigenvalue weighted by molar-refractivity contribution is 0.0183. The van der Waals surface area contributed by atoms with Gasteiger partial charge in [-0.15, -0.1) is 0 Å². The number of hydrogen-bond donors (Lipinski definition) is 4. The monoisotopic (exact) mass is 528 g/mol. The molecule has 2 saturated heterocycles. The molecule has 2 aromatic rings. The molecular weight excluding hydrogens is 480 g/mol. The quantitative estimate of drug-likeness (QED) is 0.472. The van der Waals surface area contributed by atoms with Crippen LogP contribution in [-0.4, -0.2) is 71.7 Å². The first-order chi connectivity index (χ1) is 17.9. The largest absolute Gasteiger partial charge is 0.444 e. The van der Waals surface area contributed by atoms with Gasteiger partial charge in [0, 0.05) is 25.0 Å². The lowest BCUT2D eigenvalue weighted by atomic mass is 9.96. The van der Waals surface area contributed by atoms with Crippen molar-refractivity contribution >= 4 is 23.0 Å². The first-order valence-corrected chi connectivity index (χ1v) is 14.0. The maximum atomic E-state index is 12.8. The van der Waals surface area contributed by atoms with Crippen LogP contribution in [0.15, 0.2) is 18.2 Å². The van der Waals surface area contributed by atoms with Crippen molar-refractivity contribution < 1.29 is 14.3 Å². The molecule has 4 rings (SSSR count). The first kappa shape index (κ1) is 29.9. The van der Waals surface area contributed by atoms with E-state index in [-0.39, 0.29) is 17.4 Å². The highest BCUT2D eigenvalue weighted by atomic mass is 16.6. The number of aromatic nitrogens is 2. The molecule has 2 fully saturated rings. The smallest absolute Gasteiger partial charge is 0.410 e. The Morgan fingerprint density at radius 3 is 2.26 bits per heavy atom. The topological polar surface area (TPSA) is 125 Å². The molecule has 2 amide bonds. The number of ether oxygens (including phenoxy) is 1. The summed E-state index contributed by atoms with van der Waals surface area (Å²) in [6.45, 7) is 17.0. The van der Waals surface area contributed by atoms with Gasteiger partial charge in [0.05, 0.1) is 11.1 Å². The number of H-pyrrole nitrogens is 1. The molecule has 2 aliphatic rings. The van der Waals surface area contributed by atoms with Crippen molar-refractivity contribution in [3.8, 4) is 0 Å². The second-order valence-corrected chi connectivity index (χ2v) is 12.6. The molecule has 5 N–H and O–H groups in total. The van der Waals surface area contributed by atoms with E-state index in [2.05, 4.69) is 41.4 Å². The molecule has 0 unspecified atom stereocenters. The number of nitrogens with two attached hydrogens (primary N) is 1. The van der Waals surface area contributed by atoms with Crippen LogP contribution in [0.2, 0.25) is 0 Å². The van der Waals surface area contributed by atoms with Gasteiger partial charge in [-0.3, -0.25) is 4.79 Å². The summed E-state index contributed by atoms with van der Waals surface area (Å²) in [6, 6.07) is 5.64. The zero-order valence-corrected chi connectivity index (χ0v) is 24.2. The van der Waals surface area contributed by atoms with Crippen LogP contribution >= 0.6 is 0 Å². The van der Waals surface area contributed by atoms with Gasteiger partial charge in [-0.1, -0.05) is 26.8 Å². The van der Waals surface area contributed by atoms with Crippen molar-refractivity contribution in [3.05, 3.63) is 29.6 Å². The number of para-hydroxylation sites is 1. The van der Waals surface area contributed by atoms with Crippen LogP contribution in [0.1, 0.15) is 83.4 Å². The summed E-state index contributed by atoms with van der Waals surface area (Å²) in [5.41, 5.74) is 7.04. The summed E-state index contributed by atoms with van der Waals surface area (Å²) in [4.78, 5) is 34.8. The number of carbonyl (C=O) groups excluding carboxylic acids is 2. The fourth-order valence-electron chi connectivity index (χ4n) is 4.67. The van der Waals surface area contributed by atoms with Gasteiger partial charge in [-0.2, -0.15) is 0 Å². The van der Waals surface area contributed by atoms with Crippen molar-refractivity contribution in [2.24, 2.45) is 17.6 Å². The number of aromatic amines is 1. The van der Waals surface area contributed by atoms with Crippen molar-refractivity contribution in [2.75, 3.05) is 39.3 Å². The van der Waals surface area contributed by atoms with Crippen molar-refractivity contribution in [2.45, 2.75) is 78.2 Å². The molecule has 0 radical (unpaired) electrons. The van der Waals surface area contributed by atoms with Crippen LogP contribution in [-0.2, 0) is 10.2 Å². The Morgan fingerprint density at radius 1 is 1.05 bits per heavy atom. The van der Waals surface area contributed by atoms with Crippen LogP contribution in [0, 0.1) is 11.8 Å². The van der Waals surface area contributed by atoms with Gasteiger partial charge in [0.25, 0.3) is 5.91 Å². The molecular formula is C29H48N6O3. The molecule has 0 aliphatic carbocycles. The summed E-state index contributed by atoms with van der Waals surface area (Å²) < 4.78 is 5.44. The normalized spacial score (nSPS) is 17.6. The molecule has 9 nitrogen and oxygen atoms in total. The Bertz CT molecular complexity index is 1050. The number of hydrogen-bond acceptors (Lipinski definition) is 6. The van der Waals surface area contributed by atoms with E-state index in [1.54, 1.807) is 4.90 Å². The number of imidazole rings is 1. The average molecular weight is 529 g/mol. The molecule has 2 aliphatic heterocycles. The predicted octanol–water partition coefficient (Wildman–Crippen LogP) is 4.18. The van der Waals surface area contributed by atoms with E-state index in [4.69, 9.17) is 10.5 Å². The fraction of sp³-hybridized carbons (Fsp3) is 0.690. The zero-order valence-electron chi connectivity index (χ0n) is 24.2. The van der Waals surface area contributed by atoms with E-state index in [0.29, 0.717) is 36.6 Å². The number of carbonyl (C=O) groups is 2. The van der Waals surface area contributed by atoms with Crippen molar-refractivity contribution in [1.82, 2.24) is 25.5 Å². The van der Waals surface area contributed by atoms with Gasteiger partial charge >= 0.3 is 6.09 Å². The second-order valence-electron chi connectivity index (χ2n) is 12.6. The van der Waals surface area contributed by atoms with E-state index < -0.39 is 5.60 Å². The fourth-order valence-corrected chi connectivity index (χ4v) is 4.67. The summed E-state index contributed by atoms with van der Waals surface area (Å²) in [5.74, 6) is 1.90. The van der Waals surface area contributed by atoms with Gasteiger partial charge < -0.3 is 31.0 Å². The lowest BCUT2D eigenvalue weighted by Crippen LogP contribution is -2.43. The molecule has 1 aromatic heterocycles. The number of amides is 2. The molecule has 0 saturated carbocycles. The van der Waals surface area contributed by atoms with Gasteiger partial charge in [0.2, 0.25) is 0 Å². The molecule has 0 bridgehead atoms. The second kappa shape index (κ2) is 12.9. The number of nitrogens with one attached hydrogen (secondary N) is 3. The minimum absolute atomic E-state index is 0.109. The van der Waals surface area contributed by atoms with Gasteiger partial charge in [0.1, 0.15) is 16.9 Å². The number of rotatable bonds is 4. The Balaban J connectivity index is 0.000000427. The molecule has 212 valence electrons. The Hall–Kier alpha value is -2.65.